The van der Waals surface area contributed by atoms with E-state index < -0.39 is 30.0 Å². The number of allylic oxidation sites excluding steroid dienone is 1. The van der Waals surface area contributed by atoms with Crippen molar-refractivity contribution in [1.29, 1.82) is 0 Å². The molecule has 1 N–H and O–H groups in total. The van der Waals surface area contributed by atoms with Gasteiger partial charge in [0.05, 0.1) is 12.8 Å². The van der Waals surface area contributed by atoms with Crippen molar-refractivity contribution >= 4 is 6.08 Å². The fraction of sp³-hybridized carbons (Fsp3) is 0.458. The van der Waals surface area contributed by atoms with Gasteiger partial charge in [-0.1, -0.05) is 39.0 Å². The predicted octanol–water partition coefficient (Wildman–Crippen LogP) is 5.81. The number of aliphatic hydroxyl groups is 1. The van der Waals surface area contributed by atoms with Crippen molar-refractivity contribution in [3.05, 3.63) is 65.0 Å². The molecule has 1 heterocycles. The molecule has 0 saturated carbocycles. The fourth-order valence-electron chi connectivity index (χ4n) is 4.34. The smallest absolute Gasteiger partial charge is 0.417 e. The first kappa shape index (κ1) is 22.3. The summed E-state index contributed by atoms with van der Waals surface area (Å²) in [5.74, 6) is 0.623. The molecule has 2 aromatic rings. The van der Waals surface area contributed by atoms with Crippen LogP contribution in [0.5, 0.6) is 5.75 Å². The summed E-state index contributed by atoms with van der Waals surface area (Å²) in [6.45, 7) is 5.40. The Bertz CT molecular complexity index is 936. The third kappa shape index (κ3) is 4.38. The van der Waals surface area contributed by atoms with Crippen molar-refractivity contribution in [2.75, 3.05) is 7.11 Å². The Morgan fingerprint density at radius 3 is 2.60 bits per heavy atom. The predicted molar refractivity (Wildman–Crippen MR) is 112 cm³/mol. The van der Waals surface area contributed by atoms with E-state index in [1.165, 1.54) is 13.3 Å². The minimum atomic E-state index is -4.78. The average Bonchev–Trinajstić information content (AvgIpc) is 2.67. The molecule has 0 bridgehead atoms. The SMILES string of the molecule is COc1cccc(C(C)(C)CC(O)(Cc2ccnc3c2C(C)CC=C3)C(F)(F)F)c1. The monoisotopic (exact) mass is 419 g/mol. The van der Waals surface area contributed by atoms with Gasteiger partial charge in [-0.15, -0.1) is 0 Å². The molecule has 0 fully saturated rings. The van der Waals surface area contributed by atoms with Gasteiger partial charge in [0.2, 0.25) is 0 Å². The Hall–Kier alpha value is -2.34. The van der Waals surface area contributed by atoms with Crippen molar-refractivity contribution in [3.8, 4) is 5.75 Å². The second-order valence-electron chi connectivity index (χ2n) is 8.81. The van der Waals surface area contributed by atoms with E-state index in [2.05, 4.69) is 4.98 Å². The van der Waals surface area contributed by atoms with Crippen molar-refractivity contribution < 1.29 is 23.0 Å². The number of aromatic nitrogens is 1. The molecule has 3 nitrogen and oxygen atoms in total. The van der Waals surface area contributed by atoms with Crippen LogP contribution in [0.4, 0.5) is 13.2 Å². The zero-order valence-electron chi connectivity index (χ0n) is 17.8. The van der Waals surface area contributed by atoms with Gasteiger partial charge in [0.15, 0.2) is 5.60 Å². The highest BCUT2D eigenvalue weighted by molar-refractivity contribution is 5.56. The third-order valence-corrected chi connectivity index (χ3v) is 5.97. The molecule has 6 heteroatoms. The van der Waals surface area contributed by atoms with Crippen LogP contribution < -0.4 is 4.74 Å². The quantitative estimate of drug-likeness (QED) is 0.642. The van der Waals surface area contributed by atoms with E-state index in [4.69, 9.17) is 4.74 Å². The van der Waals surface area contributed by atoms with E-state index in [0.29, 0.717) is 22.6 Å². The maximum atomic E-state index is 14.2. The molecule has 0 radical (unpaired) electrons. The second kappa shape index (κ2) is 8.06. The van der Waals surface area contributed by atoms with Gasteiger partial charge in [-0.2, -0.15) is 13.2 Å². The van der Waals surface area contributed by atoms with Gasteiger partial charge in [-0.25, -0.2) is 0 Å². The maximum absolute atomic E-state index is 14.2. The van der Waals surface area contributed by atoms with Gasteiger partial charge >= 0.3 is 6.18 Å². The molecule has 162 valence electrons. The molecule has 3 rings (SSSR count). The van der Waals surface area contributed by atoms with E-state index in [9.17, 15) is 18.3 Å². The average molecular weight is 419 g/mol. The summed E-state index contributed by atoms with van der Waals surface area (Å²) in [5, 5.41) is 11.0. The molecule has 1 aromatic carbocycles. The number of methoxy groups -OCH3 is 1. The lowest BCUT2D eigenvalue weighted by atomic mass is 9.72. The highest BCUT2D eigenvalue weighted by Crippen LogP contribution is 2.44. The molecule has 1 aliphatic rings. The van der Waals surface area contributed by atoms with Gasteiger partial charge < -0.3 is 9.84 Å². The molecule has 0 aliphatic heterocycles. The van der Waals surface area contributed by atoms with Gasteiger partial charge in [0.25, 0.3) is 0 Å². The standard InChI is InChI=1S/C24H28F3NO2/c1-16-7-5-10-20-21(16)17(11-12-28-20)14-23(29,24(25,26)27)15-22(2,3)18-8-6-9-19(13-18)30-4/h5-6,8-13,16,29H,7,14-15H2,1-4H3. The number of hydrogen-bond acceptors (Lipinski definition) is 3. The van der Waals surface area contributed by atoms with Crippen molar-refractivity contribution in [2.45, 2.75) is 63.1 Å². The summed E-state index contributed by atoms with van der Waals surface area (Å²) in [4.78, 5) is 4.30. The molecule has 2 unspecified atom stereocenters. The number of halogens is 3. The summed E-state index contributed by atoms with van der Waals surface area (Å²) < 4.78 is 47.8. The van der Waals surface area contributed by atoms with Crippen molar-refractivity contribution in [2.24, 2.45) is 0 Å². The lowest BCUT2D eigenvalue weighted by Crippen LogP contribution is -2.51. The van der Waals surface area contributed by atoms with E-state index >= 15 is 0 Å². The van der Waals surface area contributed by atoms with Crippen molar-refractivity contribution in [1.82, 2.24) is 4.98 Å². The molecular formula is C24H28F3NO2. The zero-order chi connectivity index (χ0) is 22.2. The number of pyridine rings is 1. The van der Waals surface area contributed by atoms with E-state index in [0.717, 1.165) is 12.0 Å². The van der Waals surface area contributed by atoms with E-state index in [1.807, 2.05) is 19.1 Å². The Kier molecular flexibility index (Phi) is 6.01. The van der Waals surface area contributed by atoms with Gasteiger partial charge in [-0.3, -0.25) is 4.98 Å². The van der Waals surface area contributed by atoms with Crippen LogP contribution in [-0.2, 0) is 11.8 Å². The van der Waals surface area contributed by atoms with Crippen LogP contribution in [0.3, 0.4) is 0 Å². The number of rotatable bonds is 6. The van der Waals surface area contributed by atoms with Gasteiger partial charge in [0.1, 0.15) is 5.75 Å². The number of hydrogen-bond donors (Lipinski definition) is 1. The van der Waals surface area contributed by atoms with Crippen LogP contribution in [0, 0.1) is 0 Å². The molecule has 1 aliphatic carbocycles. The first-order chi connectivity index (χ1) is 14.0. The van der Waals surface area contributed by atoms with Gasteiger partial charge in [-0.05, 0) is 65.1 Å². The largest absolute Gasteiger partial charge is 0.497 e. The molecule has 30 heavy (non-hydrogen) atoms. The Morgan fingerprint density at radius 2 is 1.93 bits per heavy atom. The van der Waals surface area contributed by atoms with Crippen LogP contribution in [0.25, 0.3) is 6.08 Å². The van der Waals surface area contributed by atoms with Crippen molar-refractivity contribution in [3.63, 3.8) is 0 Å². The van der Waals surface area contributed by atoms with Crippen LogP contribution in [-0.4, -0.2) is 29.0 Å². The number of fused-ring (bicyclic) bond motifs is 1. The molecule has 0 saturated heterocycles. The van der Waals surface area contributed by atoms with Gasteiger partial charge in [0, 0.05) is 12.6 Å². The lowest BCUT2D eigenvalue weighted by molar-refractivity contribution is -0.266. The fourth-order valence-corrected chi connectivity index (χ4v) is 4.34. The minimum absolute atomic E-state index is 0.0533. The number of nitrogens with zero attached hydrogens (tertiary/aromatic N) is 1. The lowest BCUT2D eigenvalue weighted by Gasteiger charge is -2.39. The molecule has 0 spiro atoms. The highest BCUT2D eigenvalue weighted by atomic mass is 19.4. The minimum Gasteiger partial charge on any atom is -0.497 e. The summed E-state index contributed by atoms with van der Waals surface area (Å²) in [7, 11) is 1.51. The summed E-state index contributed by atoms with van der Waals surface area (Å²) >= 11 is 0. The Morgan fingerprint density at radius 1 is 1.20 bits per heavy atom. The first-order valence-electron chi connectivity index (χ1n) is 10.0. The first-order valence-corrected chi connectivity index (χ1v) is 10.0. The van der Waals surface area contributed by atoms with E-state index in [1.54, 1.807) is 44.2 Å². The Labute approximate surface area is 175 Å². The third-order valence-electron chi connectivity index (χ3n) is 5.97. The van der Waals surface area contributed by atoms with E-state index in [-0.39, 0.29) is 5.92 Å². The molecular weight excluding hydrogens is 391 g/mol. The number of benzene rings is 1. The zero-order valence-corrected chi connectivity index (χ0v) is 17.8. The van der Waals surface area contributed by atoms with Crippen LogP contribution in [0.15, 0.2) is 42.6 Å². The number of ether oxygens (including phenoxy) is 1. The summed E-state index contributed by atoms with van der Waals surface area (Å²) in [6, 6.07) is 8.58. The van der Waals surface area contributed by atoms with Crippen LogP contribution in [0.2, 0.25) is 0 Å². The summed E-state index contributed by atoms with van der Waals surface area (Å²) in [5.41, 5.74) is -1.16. The highest BCUT2D eigenvalue weighted by Gasteiger charge is 2.56. The van der Waals surface area contributed by atoms with Crippen LogP contribution >= 0.6 is 0 Å². The topological polar surface area (TPSA) is 42.4 Å². The molecule has 1 aromatic heterocycles. The molecule has 2 atom stereocenters. The Balaban J connectivity index is 1.99. The maximum Gasteiger partial charge on any atom is 0.417 e. The summed E-state index contributed by atoms with van der Waals surface area (Å²) in [6.07, 6.45) is 0.307. The van der Waals surface area contributed by atoms with Crippen LogP contribution in [0.1, 0.15) is 61.9 Å². The molecule has 0 amide bonds. The second-order valence-corrected chi connectivity index (χ2v) is 8.81. The normalized spacial score (nSPS) is 18.6. The number of alkyl halides is 3.